The van der Waals surface area contributed by atoms with Crippen LogP contribution in [-0.2, 0) is 0 Å². The molecule has 0 saturated carbocycles. The SMILES string of the molecule is Nc1ccc(-c2csc(-c3ccccc3Br)n2)cc1. The lowest BCUT2D eigenvalue weighted by Gasteiger charge is -1.99. The maximum atomic E-state index is 5.70. The van der Waals surface area contributed by atoms with E-state index >= 15 is 0 Å². The summed E-state index contributed by atoms with van der Waals surface area (Å²) in [7, 11) is 0. The van der Waals surface area contributed by atoms with Gasteiger partial charge in [-0.15, -0.1) is 11.3 Å². The Bertz CT molecular complexity index is 704. The number of hydrogen-bond donors (Lipinski definition) is 1. The Balaban J connectivity index is 2.00. The topological polar surface area (TPSA) is 38.9 Å². The molecule has 1 aromatic heterocycles. The van der Waals surface area contributed by atoms with Crippen molar-refractivity contribution >= 4 is 33.0 Å². The van der Waals surface area contributed by atoms with Crippen LogP contribution in [0, 0.1) is 0 Å². The summed E-state index contributed by atoms with van der Waals surface area (Å²) >= 11 is 5.20. The van der Waals surface area contributed by atoms with Crippen molar-refractivity contribution in [1.82, 2.24) is 4.98 Å². The molecule has 0 unspecified atom stereocenters. The molecule has 0 fully saturated rings. The number of aromatic nitrogens is 1. The maximum Gasteiger partial charge on any atom is 0.125 e. The molecule has 0 atom stereocenters. The fourth-order valence-electron chi connectivity index (χ4n) is 1.82. The number of benzene rings is 2. The number of anilines is 1. The van der Waals surface area contributed by atoms with Crippen LogP contribution in [0.15, 0.2) is 58.4 Å². The smallest absolute Gasteiger partial charge is 0.125 e. The molecule has 0 spiro atoms. The van der Waals surface area contributed by atoms with E-state index in [1.807, 2.05) is 42.5 Å². The molecule has 0 bridgehead atoms. The lowest BCUT2D eigenvalue weighted by atomic mass is 10.1. The van der Waals surface area contributed by atoms with E-state index in [0.29, 0.717) is 0 Å². The van der Waals surface area contributed by atoms with E-state index < -0.39 is 0 Å². The van der Waals surface area contributed by atoms with Crippen molar-refractivity contribution in [1.29, 1.82) is 0 Å². The first-order valence-electron chi connectivity index (χ1n) is 5.80. The molecule has 1 heterocycles. The summed E-state index contributed by atoms with van der Waals surface area (Å²) in [6, 6.07) is 15.9. The van der Waals surface area contributed by atoms with Crippen LogP contribution in [0.2, 0.25) is 0 Å². The molecule has 4 heteroatoms. The van der Waals surface area contributed by atoms with Crippen molar-refractivity contribution in [2.24, 2.45) is 0 Å². The Morgan fingerprint density at radius 1 is 1.00 bits per heavy atom. The zero-order valence-corrected chi connectivity index (χ0v) is 12.4. The minimum atomic E-state index is 0.769. The highest BCUT2D eigenvalue weighted by atomic mass is 79.9. The second-order valence-corrected chi connectivity index (χ2v) is 5.85. The van der Waals surface area contributed by atoms with Gasteiger partial charge in [-0.25, -0.2) is 4.98 Å². The van der Waals surface area contributed by atoms with Crippen LogP contribution < -0.4 is 5.73 Å². The highest BCUT2D eigenvalue weighted by molar-refractivity contribution is 9.10. The van der Waals surface area contributed by atoms with Crippen LogP contribution in [0.3, 0.4) is 0 Å². The van der Waals surface area contributed by atoms with Crippen LogP contribution in [0.4, 0.5) is 5.69 Å². The van der Waals surface area contributed by atoms with Gasteiger partial charge in [0.1, 0.15) is 5.01 Å². The average Bonchev–Trinajstić information content (AvgIpc) is 2.89. The van der Waals surface area contributed by atoms with Gasteiger partial charge in [0.2, 0.25) is 0 Å². The number of nitrogens with zero attached hydrogens (tertiary/aromatic N) is 1. The largest absolute Gasteiger partial charge is 0.399 e. The molecule has 0 aliphatic rings. The zero-order valence-electron chi connectivity index (χ0n) is 10.0. The van der Waals surface area contributed by atoms with Gasteiger partial charge in [-0.1, -0.05) is 46.3 Å². The number of nitrogen functional groups attached to an aromatic ring is 1. The molecule has 0 amide bonds. The third kappa shape index (κ3) is 2.55. The van der Waals surface area contributed by atoms with Crippen LogP contribution in [0.25, 0.3) is 21.8 Å². The van der Waals surface area contributed by atoms with Gasteiger partial charge < -0.3 is 5.73 Å². The Kier molecular flexibility index (Phi) is 3.36. The van der Waals surface area contributed by atoms with Gasteiger partial charge in [0.15, 0.2) is 0 Å². The van der Waals surface area contributed by atoms with E-state index in [0.717, 1.165) is 32.0 Å². The zero-order chi connectivity index (χ0) is 13.2. The number of halogens is 1. The molecule has 3 aromatic rings. The molecule has 94 valence electrons. The minimum Gasteiger partial charge on any atom is -0.399 e. The van der Waals surface area contributed by atoms with Crippen LogP contribution in [0.5, 0.6) is 0 Å². The summed E-state index contributed by atoms with van der Waals surface area (Å²) in [6.45, 7) is 0. The Labute approximate surface area is 124 Å². The van der Waals surface area contributed by atoms with Crippen molar-refractivity contribution in [3.05, 3.63) is 58.4 Å². The Morgan fingerprint density at radius 2 is 1.74 bits per heavy atom. The highest BCUT2D eigenvalue weighted by Crippen LogP contribution is 2.33. The molecule has 0 saturated heterocycles. The van der Waals surface area contributed by atoms with Gasteiger partial charge in [-0.05, 0) is 18.2 Å². The molecule has 2 aromatic carbocycles. The molecular formula is C15H11BrN2S. The standard InChI is InChI=1S/C15H11BrN2S/c16-13-4-2-1-3-12(13)15-18-14(9-19-15)10-5-7-11(17)8-6-10/h1-9H,17H2. The quantitative estimate of drug-likeness (QED) is 0.684. The first-order chi connectivity index (χ1) is 9.24. The predicted octanol–water partition coefficient (Wildman–Crippen LogP) is 4.82. The molecule has 0 aliphatic heterocycles. The molecule has 2 N–H and O–H groups in total. The average molecular weight is 331 g/mol. The maximum absolute atomic E-state index is 5.70. The molecule has 0 aliphatic carbocycles. The van der Waals surface area contributed by atoms with Gasteiger partial charge >= 0.3 is 0 Å². The van der Waals surface area contributed by atoms with E-state index in [-0.39, 0.29) is 0 Å². The number of hydrogen-bond acceptors (Lipinski definition) is 3. The Morgan fingerprint density at radius 3 is 2.47 bits per heavy atom. The van der Waals surface area contributed by atoms with Crippen molar-refractivity contribution < 1.29 is 0 Å². The van der Waals surface area contributed by atoms with Crippen LogP contribution >= 0.6 is 27.3 Å². The predicted molar refractivity (Wildman–Crippen MR) is 85.1 cm³/mol. The second-order valence-electron chi connectivity index (χ2n) is 4.14. The minimum absolute atomic E-state index is 0.769. The fraction of sp³-hybridized carbons (Fsp3) is 0. The van der Waals surface area contributed by atoms with Gasteiger partial charge in [-0.2, -0.15) is 0 Å². The van der Waals surface area contributed by atoms with Crippen molar-refractivity contribution in [2.45, 2.75) is 0 Å². The van der Waals surface area contributed by atoms with Crippen LogP contribution in [0.1, 0.15) is 0 Å². The third-order valence-electron chi connectivity index (χ3n) is 2.81. The fourth-order valence-corrected chi connectivity index (χ4v) is 3.29. The van der Waals surface area contributed by atoms with E-state index in [9.17, 15) is 0 Å². The lowest BCUT2D eigenvalue weighted by molar-refractivity contribution is 1.40. The molecular weight excluding hydrogens is 320 g/mol. The summed E-state index contributed by atoms with van der Waals surface area (Å²) in [5, 5.41) is 3.08. The van der Waals surface area contributed by atoms with Crippen molar-refractivity contribution in [3.63, 3.8) is 0 Å². The highest BCUT2D eigenvalue weighted by Gasteiger charge is 2.08. The van der Waals surface area contributed by atoms with Gasteiger partial charge in [0, 0.05) is 26.7 Å². The molecule has 19 heavy (non-hydrogen) atoms. The van der Waals surface area contributed by atoms with E-state index in [2.05, 4.69) is 32.4 Å². The summed E-state index contributed by atoms with van der Waals surface area (Å²) in [5.74, 6) is 0. The van der Waals surface area contributed by atoms with Gasteiger partial charge in [-0.3, -0.25) is 0 Å². The molecule has 0 radical (unpaired) electrons. The first kappa shape index (κ1) is 12.4. The summed E-state index contributed by atoms with van der Waals surface area (Å²) in [6.07, 6.45) is 0. The van der Waals surface area contributed by atoms with Crippen molar-refractivity contribution in [3.8, 4) is 21.8 Å². The lowest BCUT2D eigenvalue weighted by Crippen LogP contribution is -1.84. The summed E-state index contributed by atoms with van der Waals surface area (Å²) in [5.41, 5.74) is 9.65. The van der Waals surface area contributed by atoms with Gasteiger partial charge in [0.05, 0.1) is 5.69 Å². The third-order valence-corrected chi connectivity index (χ3v) is 4.38. The normalized spacial score (nSPS) is 10.6. The summed E-state index contributed by atoms with van der Waals surface area (Å²) < 4.78 is 1.06. The van der Waals surface area contributed by atoms with E-state index in [1.165, 1.54) is 0 Å². The molecule has 3 rings (SSSR count). The van der Waals surface area contributed by atoms with E-state index in [1.54, 1.807) is 11.3 Å². The van der Waals surface area contributed by atoms with Crippen molar-refractivity contribution in [2.75, 3.05) is 5.73 Å². The molecule has 2 nitrogen and oxygen atoms in total. The number of rotatable bonds is 2. The van der Waals surface area contributed by atoms with Gasteiger partial charge in [0.25, 0.3) is 0 Å². The Hall–Kier alpha value is -1.65. The van der Waals surface area contributed by atoms with Crippen LogP contribution in [-0.4, -0.2) is 4.98 Å². The monoisotopic (exact) mass is 330 g/mol. The second kappa shape index (κ2) is 5.15. The number of nitrogens with two attached hydrogens (primary N) is 1. The van der Waals surface area contributed by atoms with E-state index in [4.69, 9.17) is 5.73 Å². The summed E-state index contributed by atoms with van der Waals surface area (Å²) in [4.78, 5) is 4.69. The number of thiazole rings is 1. The first-order valence-corrected chi connectivity index (χ1v) is 7.47.